The van der Waals surface area contributed by atoms with Crippen LogP contribution in [0.25, 0.3) is 0 Å². The molecule has 7 nitrogen and oxygen atoms in total. The highest BCUT2D eigenvalue weighted by Crippen LogP contribution is 2.54. The van der Waals surface area contributed by atoms with E-state index in [-0.39, 0.29) is 45.7 Å². The summed E-state index contributed by atoms with van der Waals surface area (Å²) in [5, 5.41) is 0. The van der Waals surface area contributed by atoms with Crippen molar-refractivity contribution in [3.63, 3.8) is 0 Å². The summed E-state index contributed by atoms with van der Waals surface area (Å²) < 4.78 is 198. The Hall–Kier alpha value is -1.48. The summed E-state index contributed by atoms with van der Waals surface area (Å²) in [5.41, 5.74) is -2.70. The van der Waals surface area contributed by atoms with Gasteiger partial charge < -0.3 is 28.4 Å². The highest BCUT2D eigenvalue weighted by molar-refractivity contribution is 5.91. The number of ketones is 1. The van der Waals surface area contributed by atoms with Crippen LogP contribution in [0.3, 0.4) is 0 Å². The molecule has 49 heavy (non-hydrogen) atoms. The Kier molecular flexibility index (Phi) is 17.0. The van der Waals surface area contributed by atoms with Crippen LogP contribution in [0.5, 0.6) is 0 Å². The van der Waals surface area contributed by atoms with Gasteiger partial charge in [0.05, 0.1) is 31.7 Å². The van der Waals surface area contributed by atoms with E-state index in [0.29, 0.717) is 12.8 Å². The molecule has 292 valence electrons. The lowest BCUT2D eigenvalue weighted by atomic mass is 9.81. The second-order valence-corrected chi connectivity index (χ2v) is 12.5. The Morgan fingerprint density at radius 3 is 1.55 bits per heavy atom. The van der Waals surface area contributed by atoms with Gasteiger partial charge in [0, 0.05) is 33.0 Å². The molecule has 20 heteroatoms. The number of hydrogen-bond acceptors (Lipinski definition) is 7. The van der Waals surface area contributed by atoms with Crippen LogP contribution in [-0.2, 0) is 33.2 Å². The smallest absolute Gasteiger partial charge is 0.381 e. The van der Waals surface area contributed by atoms with Crippen molar-refractivity contribution in [1.82, 2.24) is 0 Å². The van der Waals surface area contributed by atoms with E-state index < -0.39 is 98.3 Å². The van der Waals surface area contributed by atoms with E-state index in [1.165, 1.54) is 0 Å². The van der Waals surface area contributed by atoms with E-state index in [1.807, 2.05) is 0 Å². The minimum atomic E-state index is -5.24. The van der Waals surface area contributed by atoms with Gasteiger partial charge in [-0.15, -0.1) is 0 Å². The molecular formula is C29H43F13O7. The van der Waals surface area contributed by atoms with E-state index in [0.717, 1.165) is 13.8 Å². The Morgan fingerprint density at radius 2 is 1.04 bits per heavy atom. The number of unbranched alkanes of at least 4 members (excludes halogenated alkanes) is 2. The quantitative estimate of drug-likeness (QED) is 0.0732. The zero-order valence-electron chi connectivity index (χ0n) is 27.4. The number of Topliss-reactive ketones (excluding diaryl/α,β-unsaturated/α-hetero) is 1. The fourth-order valence-corrected chi connectivity index (χ4v) is 4.24. The zero-order valence-corrected chi connectivity index (χ0v) is 27.4. The first-order valence-corrected chi connectivity index (χ1v) is 15.3. The number of rotatable bonds is 24. The van der Waals surface area contributed by atoms with Gasteiger partial charge in [-0.25, -0.2) is 0 Å². The van der Waals surface area contributed by atoms with Crippen LogP contribution < -0.4 is 0 Å². The van der Waals surface area contributed by atoms with E-state index in [9.17, 15) is 61.9 Å². The average molecular weight is 751 g/mol. The van der Waals surface area contributed by atoms with Gasteiger partial charge in [-0.05, 0) is 59.8 Å². The highest BCUT2D eigenvalue weighted by atomic mass is 19.4. The third-order valence-corrected chi connectivity index (χ3v) is 7.24. The molecule has 0 bridgehead atoms. The molecule has 0 radical (unpaired) electrons. The molecule has 1 rings (SSSR count). The fraction of sp³-hybridized carbons (Fsp3) is 0.966. The summed E-state index contributed by atoms with van der Waals surface area (Å²) in [6.07, 6.45) is -24.5. The van der Waals surface area contributed by atoms with Crippen molar-refractivity contribution >= 4 is 5.78 Å². The minimum absolute atomic E-state index is 0.117. The predicted molar refractivity (Wildman–Crippen MR) is 145 cm³/mol. The van der Waals surface area contributed by atoms with Crippen molar-refractivity contribution in [2.24, 2.45) is 0 Å². The summed E-state index contributed by atoms with van der Waals surface area (Å²) >= 11 is 0. The molecule has 0 amide bonds. The number of carbonyl (C=O) groups excluding carboxylic acids is 1. The van der Waals surface area contributed by atoms with E-state index >= 15 is 0 Å². The predicted octanol–water partition coefficient (Wildman–Crippen LogP) is 8.02. The molecule has 0 saturated heterocycles. The molecule has 0 aromatic carbocycles. The fourth-order valence-electron chi connectivity index (χ4n) is 4.24. The van der Waals surface area contributed by atoms with Crippen LogP contribution in [0.2, 0.25) is 0 Å². The zero-order chi connectivity index (χ0) is 38.0. The van der Waals surface area contributed by atoms with Crippen LogP contribution in [0.15, 0.2) is 0 Å². The van der Waals surface area contributed by atoms with E-state index in [4.69, 9.17) is 18.9 Å². The van der Waals surface area contributed by atoms with Crippen molar-refractivity contribution < 1.29 is 90.3 Å². The molecule has 1 aliphatic rings. The molecule has 3 atom stereocenters. The molecule has 0 aromatic rings. The number of ether oxygens (including phenoxy) is 6. The van der Waals surface area contributed by atoms with Crippen molar-refractivity contribution in [3.05, 3.63) is 0 Å². The number of halogens is 13. The Balaban J connectivity index is 2.27. The molecule has 1 saturated carbocycles. The number of carbonyl (C=O) groups is 1. The first-order chi connectivity index (χ1) is 22.1. The summed E-state index contributed by atoms with van der Waals surface area (Å²) in [5.74, 6) is -10.8. The number of alkyl halides is 13. The Labute approximate surface area is 275 Å². The van der Waals surface area contributed by atoms with Gasteiger partial charge >= 0.3 is 30.4 Å². The van der Waals surface area contributed by atoms with Crippen LogP contribution in [0.4, 0.5) is 57.1 Å². The molecule has 0 aromatic heterocycles. The highest BCUT2D eigenvalue weighted by Gasteiger charge is 2.80. The lowest BCUT2D eigenvalue weighted by molar-refractivity contribution is -0.400. The largest absolute Gasteiger partial charge is 0.421 e. The topological polar surface area (TPSA) is 72.5 Å². The van der Waals surface area contributed by atoms with Gasteiger partial charge in [-0.2, -0.15) is 57.1 Å². The third kappa shape index (κ3) is 15.7. The van der Waals surface area contributed by atoms with Crippen LogP contribution >= 0.6 is 0 Å². The summed E-state index contributed by atoms with van der Waals surface area (Å²) in [6, 6.07) is 0. The van der Waals surface area contributed by atoms with Gasteiger partial charge in [-0.1, -0.05) is 0 Å². The minimum Gasteiger partial charge on any atom is -0.381 e. The van der Waals surface area contributed by atoms with E-state index in [2.05, 4.69) is 9.47 Å². The lowest BCUT2D eigenvalue weighted by Crippen LogP contribution is -2.75. The number of hydrogen-bond donors (Lipinski definition) is 0. The lowest BCUT2D eigenvalue weighted by Gasteiger charge is -2.49. The Morgan fingerprint density at radius 1 is 0.592 bits per heavy atom. The van der Waals surface area contributed by atoms with E-state index in [1.54, 1.807) is 13.8 Å². The molecule has 0 spiro atoms. The average Bonchev–Trinajstić information content (AvgIpc) is 2.92. The first kappa shape index (κ1) is 45.5. The maximum absolute atomic E-state index is 13.8. The standard InChI is InChI=1S/C29H43F13O7/c1-23(2,48-14-8-6-13-45-21-22(28(38,39)27(21,36)37)47-18-11-26(33,34)35)9-16-44-12-5-7-15-49-24(3,4)19(43)20(29(40,41)42)46-17-10-25(30,31)32/h20-22H,5-18H2,1-4H3. The normalized spacial score (nSPS) is 20.7. The van der Waals surface area contributed by atoms with Crippen LogP contribution in [-0.4, -0.2) is 112 Å². The van der Waals surface area contributed by atoms with Crippen LogP contribution in [0.1, 0.15) is 72.6 Å². The maximum atomic E-state index is 13.8. The second kappa shape index (κ2) is 18.3. The van der Waals surface area contributed by atoms with Crippen molar-refractivity contribution in [3.8, 4) is 0 Å². The molecule has 0 aliphatic heterocycles. The first-order valence-electron chi connectivity index (χ1n) is 15.3. The summed E-state index contributed by atoms with van der Waals surface area (Å²) in [7, 11) is 0. The SMILES string of the molecule is CC(C)(CCOCCCCOC(C)(C)C(=O)C(OCCC(F)(F)F)C(F)(F)F)OCCCCOC1C(OCCC(F)(F)F)C(F)(F)C1(F)F. The third-order valence-electron chi connectivity index (χ3n) is 7.24. The van der Waals surface area contributed by atoms with Crippen LogP contribution in [0, 0.1) is 0 Å². The molecule has 3 unspecified atom stereocenters. The molecule has 1 aliphatic carbocycles. The van der Waals surface area contributed by atoms with Gasteiger partial charge in [0.1, 0.15) is 5.60 Å². The van der Waals surface area contributed by atoms with Gasteiger partial charge in [-0.3, -0.25) is 4.79 Å². The molecule has 0 N–H and O–H groups in total. The van der Waals surface area contributed by atoms with Gasteiger partial charge in [0.2, 0.25) is 11.9 Å². The van der Waals surface area contributed by atoms with Crippen molar-refractivity contribution in [2.45, 2.75) is 133 Å². The molecule has 1 fully saturated rings. The van der Waals surface area contributed by atoms with Crippen molar-refractivity contribution in [2.75, 3.05) is 46.2 Å². The van der Waals surface area contributed by atoms with Gasteiger partial charge in [0.25, 0.3) is 0 Å². The monoisotopic (exact) mass is 750 g/mol. The second-order valence-electron chi connectivity index (χ2n) is 12.5. The summed E-state index contributed by atoms with van der Waals surface area (Å²) in [4.78, 5) is 12.4. The Bertz CT molecular complexity index is 983. The molecule has 0 heterocycles. The summed E-state index contributed by atoms with van der Waals surface area (Å²) in [6.45, 7) is 3.04. The molecular weight excluding hydrogens is 707 g/mol. The van der Waals surface area contributed by atoms with Crippen molar-refractivity contribution in [1.29, 1.82) is 0 Å². The van der Waals surface area contributed by atoms with Gasteiger partial charge in [0.15, 0.2) is 12.2 Å². The maximum Gasteiger partial charge on any atom is 0.421 e.